The van der Waals surface area contributed by atoms with Gasteiger partial charge in [-0.05, 0) is 36.0 Å². The fraction of sp³-hybridized carbons (Fsp3) is 0.636. The van der Waals surface area contributed by atoms with Crippen molar-refractivity contribution < 1.29 is 8.42 Å². The fourth-order valence-electron chi connectivity index (χ4n) is 3.92. The van der Waals surface area contributed by atoms with Gasteiger partial charge in [0.2, 0.25) is 0 Å². The van der Waals surface area contributed by atoms with Crippen molar-refractivity contribution in [2.24, 2.45) is 7.05 Å². The Balaban J connectivity index is 1.86. The van der Waals surface area contributed by atoms with Crippen molar-refractivity contribution in [3.63, 3.8) is 0 Å². The molecule has 0 unspecified atom stereocenters. The Morgan fingerprint density at radius 3 is 2.43 bits per heavy atom. The van der Waals surface area contributed by atoms with Crippen molar-refractivity contribution in [3.8, 4) is 11.4 Å². The molecule has 1 fully saturated rings. The molecule has 1 saturated heterocycles. The minimum atomic E-state index is -2.93. The van der Waals surface area contributed by atoms with Crippen LogP contribution in [0.3, 0.4) is 0 Å². The van der Waals surface area contributed by atoms with E-state index in [1.165, 1.54) is 5.56 Å². The first-order valence-corrected chi connectivity index (χ1v) is 12.9. The second-order valence-corrected chi connectivity index (χ2v) is 12.0. The molecular formula is C22H34N4O2S2. The van der Waals surface area contributed by atoms with Gasteiger partial charge >= 0.3 is 0 Å². The highest BCUT2D eigenvalue weighted by Gasteiger charge is 2.32. The van der Waals surface area contributed by atoms with Gasteiger partial charge in [0.25, 0.3) is 0 Å². The summed E-state index contributed by atoms with van der Waals surface area (Å²) in [7, 11) is -0.993. The molecule has 1 aliphatic heterocycles. The third-order valence-corrected chi connectivity index (χ3v) is 8.12. The van der Waals surface area contributed by atoms with Crippen LogP contribution in [0.15, 0.2) is 24.3 Å². The van der Waals surface area contributed by atoms with Crippen molar-refractivity contribution in [2.45, 2.75) is 65.1 Å². The van der Waals surface area contributed by atoms with E-state index in [0.717, 1.165) is 30.8 Å². The number of hydrogen-bond acceptors (Lipinski definition) is 5. The predicted octanol–water partition coefficient (Wildman–Crippen LogP) is 4.16. The van der Waals surface area contributed by atoms with E-state index < -0.39 is 9.84 Å². The highest BCUT2D eigenvalue weighted by atomic mass is 32.2. The maximum absolute atomic E-state index is 12.0. The first-order valence-electron chi connectivity index (χ1n) is 10.7. The lowest BCUT2D eigenvalue weighted by Gasteiger charge is -2.27. The molecule has 3 rings (SSSR count). The van der Waals surface area contributed by atoms with E-state index in [1.54, 1.807) is 0 Å². The van der Waals surface area contributed by atoms with Gasteiger partial charge in [-0.3, -0.25) is 4.90 Å². The molecule has 2 aromatic rings. The smallest absolute Gasteiger partial charge is 0.199 e. The third kappa shape index (κ3) is 5.21. The topological polar surface area (TPSA) is 60.1 Å². The Hall–Kier alpha value is -1.51. The highest BCUT2D eigenvalue weighted by Crippen LogP contribution is 2.26. The highest BCUT2D eigenvalue weighted by molar-refractivity contribution is 7.91. The molecule has 2 heterocycles. The van der Waals surface area contributed by atoms with Crippen LogP contribution in [0.25, 0.3) is 11.4 Å². The van der Waals surface area contributed by atoms with E-state index in [2.05, 4.69) is 56.9 Å². The summed E-state index contributed by atoms with van der Waals surface area (Å²) in [6, 6.07) is 8.53. The van der Waals surface area contributed by atoms with Gasteiger partial charge in [0.15, 0.2) is 20.4 Å². The largest absolute Gasteiger partial charge is 0.303 e. The monoisotopic (exact) mass is 450 g/mol. The van der Waals surface area contributed by atoms with Crippen LogP contribution in [0.4, 0.5) is 0 Å². The minimum Gasteiger partial charge on any atom is -0.303 e. The van der Waals surface area contributed by atoms with Crippen molar-refractivity contribution in [2.75, 3.05) is 18.1 Å². The third-order valence-electron chi connectivity index (χ3n) is 5.89. The van der Waals surface area contributed by atoms with E-state index >= 15 is 0 Å². The molecule has 6 nitrogen and oxygen atoms in total. The molecule has 0 aliphatic carbocycles. The number of hydrogen-bond donors (Lipinski definition) is 0. The number of aromatic nitrogens is 3. The zero-order valence-corrected chi connectivity index (χ0v) is 20.4. The quantitative estimate of drug-likeness (QED) is 0.593. The van der Waals surface area contributed by atoms with Gasteiger partial charge < -0.3 is 4.57 Å². The number of rotatable bonds is 7. The molecular weight excluding hydrogens is 416 g/mol. The summed E-state index contributed by atoms with van der Waals surface area (Å²) in [5.41, 5.74) is 2.41. The van der Waals surface area contributed by atoms with Crippen LogP contribution in [-0.4, -0.2) is 51.8 Å². The minimum absolute atomic E-state index is 0.0416. The van der Waals surface area contributed by atoms with Crippen LogP contribution < -0.4 is 0 Å². The second-order valence-electron chi connectivity index (χ2n) is 9.36. The molecule has 0 radical (unpaired) electrons. The lowest BCUT2D eigenvalue weighted by atomic mass is 9.87. The molecule has 0 spiro atoms. The Morgan fingerprint density at radius 1 is 1.23 bits per heavy atom. The standard InChI is InChI=1S/C22H34N4O2S2/c1-6-7-13-25(19-12-14-30(27,28)15-19)16-26-21(29)24(5)20(23-26)17-8-10-18(11-9-17)22(2,3)4/h8-11,19H,6-7,12-16H2,1-5H3/t19-/m1/s1. The number of sulfone groups is 1. The maximum atomic E-state index is 12.0. The predicted molar refractivity (Wildman–Crippen MR) is 125 cm³/mol. The zero-order valence-electron chi connectivity index (χ0n) is 18.8. The van der Waals surface area contributed by atoms with E-state index in [-0.39, 0.29) is 23.0 Å². The molecule has 1 aromatic heterocycles. The summed E-state index contributed by atoms with van der Waals surface area (Å²) in [4.78, 5) is 2.24. The van der Waals surface area contributed by atoms with Gasteiger partial charge in [0, 0.05) is 25.2 Å². The summed E-state index contributed by atoms with van der Waals surface area (Å²) in [6.07, 6.45) is 2.78. The van der Waals surface area contributed by atoms with Gasteiger partial charge in [-0.1, -0.05) is 58.4 Å². The van der Waals surface area contributed by atoms with Crippen LogP contribution in [0, 0.1) is 4.77 Å². The van der Waals surface area contributed by atoms with Crippen molar-refractivity contribution in [1.29, 1.82) is 0 Å². The van der Waals surface area contributed by atoms with Gasteiger partial charge in [-0.25, -0.2) is 13.1 Å². The SMILES string of the molecule is CCCCN(Cn1nc(-c2ccc(C(C)(C)C)cc2)n(C)c1=S)[C@@H]1CCS(=O)(=O)C1. The molecule has 0 amide bonds. The van der Waals surface area contributed by atoms with Crippen LogP contribution in [-0.2, 0) is 29.0 Å². The van der Waals surface area contributed by atoms with Gasteiger partial charge in [-0.2, -0.15) is 5.10 Å². The first-order chi connectivity index (χ1) is 14.0. The van der Waals surface area contributed by atoms with Crippen LogP contribution in [0.1, 0.15) is 52.5 Å². The average molecular weight is 451 g/mol. The lowest BCUT2D eigenvalue weighted by Crippen LogP contribution is -2.38. The lowest BCUT2D eigenvalue weighted by molar-refractivity contribution is 0.152. The Kier molecular flexibility index (Phi) is 6.89. The number of unbranched alkanes of at least 4 members (excludes halogenated alkanes) is 1. The van der Waals surface area contributed by atoms with Crippen molar-refractivity contribution in [3.05, 3.63) is 34.6 Å². The molecule has 1 atom stereocenters. The van der Waals surface area contributed by atoms with E-state index in [4.69, 9.17) is 17.3 Å². The van der Waals surface area contributed by atoms with Crippen LogP contribution in [0.5, 0.6) is 0 Å². The summed E-state index contributed by atoms with van der Waals surface area (Å²) in [6.45, 7) is 10.1. The Morgan fingerprint density at radius 2 is 1.90 bits per heavy atom. The van der Waals surface area contributed by atoms with Crippen molar-refractivity contribution in [1.82, 2.24) is 19.2 Å². The molecule has 0 N–H and O–H groups in total. The summed E-state index contributed by atoms with van der Waals surface area (Å²) in [5, 5.41) is 4.81. The first kappa shape index (κ1) is 23.2. The fourth-order valence-corrected chi connectivity index (χ4v) is 5.86. The van der Waals surface area contributed by atoms with Crippen LogP contribution >= 0.6 is 12.2 Å². The molecule has 0 saturated carbocycles. The number of benzene rings is 1. The Bertz CT molecular complexity index is 1030. The molecule has 166 valence electrons. The number of nitrogens with zero attached hydrogens (tertiary/aromatic N) is 4. The molecule has 0 bridgehead atoms. The molecule has 1 aliphatic rings. The second kappa shape index (κ2) is 8.93. The summed E-state index contributed by atoms with van der Waals surface area (Å²) < 4.78 is 28.4. The average Bonchev–Trinajstić information content (AvgIpc) is 3.18. The van der Waals surface area contributed by atoms with Crippen LogP contribution in [0.2, 0.25) is 0 Å². The summed E-state index contributed by atoms with van der Waals surface area (Å²) >= 11 is 5.67. The van der Waals surface area contributed by atoms with Gasteiger partial charge in [0.05, 0.1) is 18.2 Å². The molecule has 1 aromatic carbocycles. The maximum Gasteiger partial charge on any atom is 0.199 e. The summed E-state index contributed by atoms with van der Waals surface area (Å²) in [5.74, 6) is 1.34. The van der Waals surface area contributed by atoms with Gasteiger partial charge in [0.1, 0.15) is 0 Å². The van der Waals surface area contributed by atoms with E-state index in [9.17, 15) is 8.42 Å². The zero-order chi connectivity index (χ0) is 22.1. The van der Waals surface area contributed by atoms with Crippen molar-refractivity contribution >= 4 is 22.1 Å². The molecule has 30 heavy (non-hydrogen) atoms. The normalized spacial score (nSPS) is 18.9. The van der Waals surface area contributed by atoms with Gasteiger partial charge in [-0.15, -0.1) is 0 Å². The Labute approximate surface area is 185 Å². The van der Waals surface area contributed by atoms with E-state index in [0.29, 0.717) is 17.9 Å². The van der Waals surface area contributed by atoms with E-state index in [1.807, 2.05) is 16.3 Å². The molecule has 8 heteroatoms.